The van der Waals surface area contributed by atoms with Crippen LogP contribution in [0.4, 0.5) is 15.8 Å². The maximum absolute atomic E-state index is 14.4. The Kier molecular flexibility index (Phi) is 8.62. The predicted molar refractivity (Wildman–Crippen MR) is 143 cm³/mol. The zero-order chi connectivity index (χ0) is 28.1. The smallest absolute Gasteiger partial charge is 0.273 e. The summed E-state index contributed by atoms with van der Waals surface area (Å²) in [4.78, 5) is 40.6. The fourth-order valence-electron chi connectivity index (χ4n) is 4.31. The van der Waals surface area contributed by atoms with E-state index in [0.29, 0.717) is 35.2 Å². The number of nitrogens with two attached hydrogens (primary N) is 2. The van der Waals surface area contributed by atoms with E-state index in [4.69, 9.17) is 25.7 Å². The molecule has 1 aliphatic rings. The number of carbonyl (C=O) groups excluding carboxylic acids is 3. The van der Waals surface area contributed by atoms with Crippen LogP contribution in [-0.4, -0.2) is 55.6 Å². The molecule has 0 saturated carbocycles. The van der Waals surface area contributed by atoms with Gasteiger partial charge in [0.25, 0.3) is 11.8 Å². The fraction of sp³-hybridized carbons (Fsp3) is 0.308. The van der Waals surface area contributed by atoms with Crippen molar-refractivity contribution < 1.29 is 33.0 Å². The van der Waals surface area contributed by atoms with Gasteiger partial charge >= 0.3 is 0 Å². The van der Waals surface area contributed by atoms with Gasteiger partial charge in [0.05, 0.1) is 26.0 Å². The molecule has 2 heterocycles. The number of anilines is 2. The van der Waals surface area contributed by atoms with Crippen LogP contribution in [0.25, 0.3) is 0 Å². The topological polar surface area (TPSA) is 159 Å². The average molecular weight is 558 g/mol. The third kappa shape index (κ3) is 5.94. The van der Waals surface area contributed by atoms with E-state index in [0.717, 1.165) is 23.8 Å². The number of benzene rings is 2. The highest BCUT2D eigenvalue weighted by Crippen LogP contribution is 2.37. The molecule has 39 heavy (non-hydrogen) atoms. The first-order valence-corrected chi connectivity index (χ1v) is 12.8. The summed E-state index contributed by atoms with van der Waals surface area (Å²) in [5, 5.41) is 2.86. The number of ether oxygens (including phenoxy) is 3. The lowest BCUT2D eigenvalue weighted by Gasteiger charge is -2.32. The van der Waals surface area contributed by atoms with Gasteiger partial charge in [0.1, 0.15) is 16.7 Å². The maximum atomic E-state index is 14.4. The van der Waals surface area contributed by atoms with Crippen LogP contribution in [0.5, 0.6) is 11.5 Å². The molecule has 13 heteroatoms. The highest BCUT2D eigenvalue weighted by molar-refractivity contribution is 7.09. The molecule has 0 bridgehead atoms. The van der Waals surface area contributed by atoms with Crippen LogP contribution in [0, 0.1) is 5.82 Å². The number of aromatic nitrogens is 1. The van der Waals surface area contributed by atoms with Crippen molar-refractivity contribution in [2.24, 2.45) is 5.73 Å². The van der Waals surface area contributed by atoms with Gasteiger partial charge in [-0.15, -0.1) is 0 Å². The molecule has 3 amide bonds. The third-order valence-corrected chi connectivity index (χ3v) is 7.07. The lowest BCUT2D eigenvalue weighted by atomic mass is 10.0. The molecule has 4 rings (SSSR count). The molecular weight excluding hydrogens is 529 g/mol. The van der Waals surface area contributed by atoms with Crippen molar-refractivity contribution >= 4 is 40.6 Å². The molecule has 206 valence electrons. The highest BCUT2D eigenvalue weighted by atomic mass is 32.1. The van der Waals surface area contributed by atoms with E-state index in [1.807, 2.05) is 0 Å². The van der Waals surface area contributed by atoms with E-state index in [9.17, 15) is 18.8 Å². The Bertz CT molecular complexity index is 1380. The summed E-state index contributed by atoms with van der Waals surface area (Å²) in [7, 11) is 2.90. The maximum Gasteiger partial charge on any atom is 0.273 e. The van der Waals surface area contributed by atoms with E-state index >= 15 is 0 Å². The first kappa shape index (κ1) is 27.8. The number of nitrogens with one attached hydrogen (secondary N) is 1. The lowest BCUT2D eigenvalue weighted by Crippen LogP contribution is -2.45. The Hall–Kier alpha value is -4.23. The monoisotopic (exact) mass is 557 g/mol. The summed E-state index contributed by atoms with van der Waals surface area (Å²) in [6, 6.07) is 8.64. The fourth-order valence-corrected chi connectivity index (χ4v) is 5.05. The molecule has 2 atom stereocenters. The van der Waals surface area contributed by atoms with Crippen LogP contribution in [0.1, 0.15) is 44.6 Å². The Labute approximate surface area is 228 Å². The van der Waals surface area contributed by atoms with Crippen molar-refractivity contribution in [3.8, 4) is 11.5 Å². The van der Waals surface area contributed by atoms with Crippen molar-refractivity contribution in [3.63, 3.8) is 0 Å². The van der Waals surface area contributed by atoms with Crippen molar-refractivity contribution in [1.29, 1.82) is 0 Å². The Morgan fingerprint density at radius 1 is 1.21 bits per heavy atom. The summed E-state index contributed by atoms with van der Waals surface area (Å²) < 4.78 is 34.7. The summed E-state index contributed by atoms with van der Waals surface area (Å²) in [6.07, 6.45) is 1.48. The molecule has 1 aliphatic heterocycles. The first-order chi connectivity index (χ1) is 18.7. The van der Waals surface area contributed by atoms with Crippen molar-refractivity contribution in [3.05, 3.63) is 64.4 Å². The number of hydrogen-bond acceptors (Lipinski definition) is 9. The second-order valence-electron chi connectivity index (χ2n) is 8.69. The van der Waals surface area contributed by atoms with Gasteiger partial charge < -0.3 is 31.0 Å². The number of nitrogen functional groups attached to an aromatic ring is 1. The zero-order valence-electron chi connectivity index (χ0n) is 21.3. The van der Waals surface area contributed by atoms with E-state index < -0.39 is 29.6 Å². The van der Waals surface area contributed by atoms with E-state index in [-0.39, 0.29) is 34.6 Å². The molecule has 1 saturated heterocycles. The number of hydrogen-bond donors (Lipinski definition) is 3. The Morgan fingerprint density at radius 2 is 1.97 bits per heavy atom. The number of methoxy groups -OCH3 is 2. The van der Waals surface area contributed by atoms with Gasteiger partial charge in [-0.3, -0.25) is 19.3 Å². The molecular formula is C26H28FN5O6S. The number of primary amides is 1. The average Bonchev–Trinajstić information content (AvgIpc) is 3.59. The predicted octanol–water partition coefficient (Wildman–Crippen LogP) is 2.66. The van der Waals surface area contributed by atoms with Crippen LogP contribution >= 0.6 is 11.5 Å². The van der Waals surface area contributed by atoms with E-state index in [1.165, 1.54) is 32.4 Å². The number of amides is 3. The van der Waals surface area contributed by atoms with Crippen molar-refractivity contribution in [2.75, 3.05) is 38.0 Å². The van der Waals surface area contributed by atoms with Gasteiger partial charge in [0.2, 0.25) is 5.91 Å². The van der Waals surface area contributed by atoms with Crippen LogP contribution in [-0.2, 0) is 9.53 Å². The van der Waals surface area contributed by atoms with Crippen LogP contribution in [0.15, 0.2) is 42.5 Å². The normalized spacial score (nSPS) is 15.4. The van der Waals surface area contributed by atoms with Crippen LogP contribution in [0.3, 0.4) is 0 Å². The summed E-state index contributed by atoms with van der Waals surface area (Å²) in [5.74, 6) is -2.17. The number of rotatable bonds is 10. The van der Waals surface area contributed by atoms with Crippen LogP contribution < -0.4 is 31.2 Å². The van der Waals surface area contributed by atoms with Gasteiger partial charge in [-0.1, -0.05) is 12.1 Å². The van der Waals surface area contributed by atoms with Gasteiger partial charge in [-0.2, -0.15) is 4.37 Å². The minimum atomic E-state index is -1.32. The second-order valence-corrected chi connectivity index (χ2v) is 9.46. The Balaban J connectivity index is 1.86. The zero-order valence-corrected chi connectivity index (χ0v) is 22.1. The lowest BCUT2D eigenvalue weighted by molar-refractivity contribution is -0.123. The standard InChI is InChI=1S/C26H28FN5O6S/c1-36-18-9-8-14(11-19(18)37-2)22(25(34)30-13-17-7-4-10-38-17)32(16-6-3-5-15(27)12-16)26(35)23-20(28)21(24(29)33)31-39-23/h3,5-6,8-9,11-12,17,22H,4,7,10,13,28H2,1-2H3,(H2,29,33)(H,30,34)/t17-,22+/m1/s1. The Morgan fingerprint density at radius 3 is 2.59 bits per heavy atom. The van der Waals surface area contributed by atoms with Crippen molar-refractivity contribution in [1.82, 2.24) is 9.69 Å². The van der Waals surface area contributed by atoms with Gasteiger partial charge in [-0.25, -0.2) is 4.39 Å². The minimum Gasteiger partial charge on any atom is -0.493 e. The van der Waals surface area contributed by atoms with Gasteiger partial charge in [0, 0.05) is 18.8 Å². The summed E-state index contributed by atoms with van der Waals surface area (Å²) in [5.41, 5.74) is 11.3. The molecule has 5 N–H and O–H groups in total. The molecule has 2 aromatic carbocycles. The summed E-state index contributed by atoms with van der Waals surface area (Å²) in [6.45, 7) is 0.808. The molecule has 0 unspecified atom stereocenters. The molecule has 0 radical (unpaired) electrons. The molecule has 0 spiro atoms. The van der Waals surface area contributed by atoms with Crippen LogP contribution in [0.2, 0.25) is 0 Å². The number of nitrogens with zero attached hydrogens (tertiary/aromatic N) is 2. The van der Waals surface area contributed by atoms with E-state index in [1.54, 1.807) is 18.2 Å². The van der Waals surface area contributed by atoms with E-state index in [2.05, 4.69) is 9.69 Å². The molecule has 0 aliphatic carbocycles. The number of halogens is 1. The first-order valence-electron chi connectivity index (χ1n) is 12.0. The largest absolute Gasteiger partial charge is 0.493 e. The highest BCUT2D eigenvalue weighted by Gasteiger charge is 2.37. The molecule has 3 aromatic rings. The second kappa shape index (κ2) is 12.1. The summed E-state index contributed by atoms with van der Waals surface area (Å²) >= 11 is 0.654. The third-order valence-electron chi connectivity index (χ3n) is 6.22. The quantitative estimate of drug-likeness (QED) is 0.343. The SMILES string of the molecule is COc1ccc([C@@H](C(=O)NC[C@H]2CCCO2)N(C(=O)c2snc(C(N)=O)c2N)c2cccc(F)c2)cc1OC. The van der Waals surface area contributed by atoms with Crippen molar-refractivity contribution in [2.45, 2.75) is 25.0 Å². The number of carbonyl (C=O) groups is 3. The van der Waals surface area contributed by atoms with Gasteiger partial charge in [0.15, 0.2) is 17.2 Å². The molecule has 1 aromatic heterocycles. The van der Waals surface area contributed by atoms with Gasteiger partial charge in [-0.05, 0) is 60.3 Å². The molecule has 11 nitrogen and oxygen atoms in total. The molecule has 1 fully saturated rings. The minimum absolute atomic E-state index is 0.0699.